The highest BCUT2D eigenvalue weighted by Crippen LogP contribution is 2.26. The lowest BCUT2D eigenvalue weighted by atomic mass is 10.1. The number of hydrogen-bond donors (Lipinski definition) is 2. The summed E-state index contributed by atoms with van der Waals surface area (Å²) in [5, 5.41) is 9.97. The number of methoxy groups -OCH3 is 1. The molecule has 0 unspecified atom stereocenters. The number of hydrogen-bond acceptors (Lipinski definition) is 4. The molecule has 118 valence electrons. The van der Waals surface area contributed by atoms with Crippen LogP contribution in [-0.4, -0.2) is 27.2 Å². The second-order valence-corrected chi connectivity index (χ2v) is 6.74. The van der Waals surface area contributed by atoms with Crippen molar-refractivity contribution in [1.29, 1.82) is 0 Å². The van der Waals surface area contributed by atoms with Gasteiger partial charge in [-0.05, 0) is 36.2 Å². The van der Waals surface area contributed by atoms with Crippen molar-refractivity contribution in [3.63, 3.8) is 0 Å². The van der Waals surface area contributed by atoms with Crippen LogP contribution in [0.3, 0.4) is 0 Å². The van der Waals surface area contributed by atoms with Gasteiger partial charge >= 0.3 is 0 Å². The van der Waals surface area contributed by atoms with Crippen LogP contribution in [0.5, 0.6) is 11.5 Å². The molecule has 0 aliphatic heterocycles. The van der Waals surface area contributed by atoms with E-state index in [4.69, 9.17) is 16.3 Å². The summed E-state index contributed by atoms with van der Waals surface area (Å²) in [6, 6.07) is 11.2. The van der Waals surface area contributed by atoms with Crippen molar-refractivity contribution in [2.24, 2.45) is 0 Å². The van der Waals surface area contributed by atoms with Crippen LogP contribution < -0.4 is 9.46 Å². The first kappa shape index (κ1) is 16.6. The average Bonchev–Trinajstić information content (AvgIpc) is 2.49. The first-order valence-corrected chi connectivity index (χ1v) is 8.40. The summed E-state index contributed by atoms with van der Waals surface area (Å²) < 4.78 is 32.2. The van der Waals surface area contributed by atoms with Crippen LogP contribution in [0.2, 0.25) is 5.02 Å². The van der Waals surface area contributed by atoms with Crippen molar-refractivity contribution < 1.29 is 18.3 Å². The van der Waals surface area contributed by atoms with E-state index < -0.39 is 10.0 Å². The maximum absolute atomic E-state index is 12.3. The fourth-order valence-corrected chi connectivity index (χ4v) is 3.44. The van der Waals surface area contributed by atoms with Gasteiger partial charge in [0, 0.05) is 11.6 Å². The predicted molar refractivity (Wildman–Crippen MR) is 85.0 cm³/mol. The SMILES string of the molecule is COc1ccc(Cl)cc1S(=O)(=O)NCCc1ccccc1O. The number of phenols is 1. The summed E-state index contributed by atoms with van der Waals surface area (Å²) in [6.07, 6.45) is 0.370. The number of aromatic hydroxyl groups is 1. The van der Waals surface area contributed by atoms with E-state index in [9.17, 15) is 13.5 Å². The van der Waals surface area contributed by atoms with E-state index in [1.165, 1.54) is 19.2 Å². The summed E-state index contributed by atoms with van der Waals surface area (Å²) in [6.45, 7) is 0.148. The molecule has 0 atom stereocenters. The Morgan fingerprint density at radius 2 is 1.95 bits per heavy atom. The Morgan fingerprint density at radius 3 is 2.64 bits per heavy atom. The molecule has 7 heteroatoms. The lowest BCUT2D eigenvalue weighted by molar-refractivity contribution is 0.402. The molecule has 0 radical (unpaired) electrons. The van der Waals surface area contributed by atoms with Gasteiger partial charge < -0.3 is 9.84 Å². The molecule has 2 aromatic carbocycles. The minimum Gasteiger partial charge on any atom is -0.508 e. The Hall–Kier alpha value is -1.76. The predicted octanol–water partition coefficient (Wildman–Crippen LogP) is 2.58. The molecule has 0 bridgehead atoms. The fourth-order valence-electron chi connectivity index (χ4n) is 1.98. The molecule has 0 aromatic heterocycles. The Kier molecular flexibility index (Phi) is 5.28. The summed E-state index contributed by atoms with van der Waals surface area (Å²) in [5.41, 5.74) is 0.670. The van der Waals surface area contributed by atoms with E-state index in [0.717, 1.165) is 0 Å². The van der Waals surface area contributed by atoms with E-state index >= 15 is 0 Å². The molecular weight excluding hydrogens is 326 g/mol. The van der Waals surface area contributed by atoms with E-state index in [1.54, 1.807) is 30.3 Å². The van der Waals surface area contributed by atoms with Crippen molar-refractivity contribution in [2.45, 2.75) is 11.3 Å². The second-order valence-electron chi connectivity index (χ2n) is 4.57. The summed E-state index contributed by atoms with van der Waals surface area (Å²) in [7, 11) is -2.36. The third-order valence-corrected chi connectivity index (χ3v) is 4.81. The molecule has 22 heavy (non-hydrogen) atoms. The molecule has 2 N–H and O–H groups in total. The first-order valence-electron chi connectivity index (χ1n) is 6.54. The maximum atomic E-state index is 12.3. The van der Waals surface area contributed by atoms with E-state index in [0.29, 0.717) is 17.0 Å². The quantitative estimate of drug-likeness (QED) is 0.846. The van der Waals surface area contributed by atoms with Gasteiger partial charge in [0.2, 0.25) is 10.0 Å². The third kappa shape index (κ3) is 3.91. The van der Waals surface area contributed by atoms with E-state index in [-0.39, 0.29) is 22.9 Å². The number of rotatable bonds is 6. The molecule has 0 heterocycles. The van der Waals surface area contributed by atoms with Gasteiger partial charge in [-0.25, -0.2) is 13.1 Å². The lowest BCUT2D eigenvalue weighted by Gasteiger charge is -2.11. The van der Waals surface area contributed by atoms with Gasteiger partial charge in [0.15, 0.2) is 0 Å². The van der Waals surface area contributed by atoms with Gasteiger partial charge in [0.05, 0.1) is 7.11 Å². The summed E-state index contributed by atoms with van der Waals surface area (Å²) >= 11 is 5.85. The summed E-state index contributed by atoms with van der Waals surface area (Å²) in [4.78, 5) is -0.0141. The van der Waals surface area contributed by atoms with Crippen molar-refractivity contribution >= 4 is 21.6 Å². The van der Waals surface area contributed by atoms with Crippen LogP contribution in [-0.2, 0) is 16.4 Å². The molecule has 2 rings (SSSR count). The molecule has 2 aromatic rings. The highest BCUT2D eigenvalue weighted by atomic mass is 35.5. The van der Waals surface area contributed by atoms with Crippen molar-refractivity contribution in [3.8, 4) is 11.5 Å². The Labute approximate surface area is 134 Å². The molecule has 5 nitrogen and oxygen atoms in total. The van der Waals surface area contributed by atoms with Gasteiger partial charge in [0.1, 0.15) is 16.4 Å². The van der Waals surface area contributed by atoms with Crippen LogP contribution in [0, 0.1) is 0 Å². The average molecular weight is 342 g/mol. The van der Waals surface area contributed by atoms with Crippen molar-refractivity contribution in [2.75, 3.05) is 13.7 Å². The van der Waals surface area contributed by atoms with E-state index in [1.807, 2.05) is 0 Å². The van der Waals surface area contributed by atoms with Crippen LogP contribution >= 0.6 is 11.6 Å². The normalized spacial score (nSPS) is 11.4. The lowest BCUT2D eigenvalue weighted by Crippen LogP contribution is -2.26. The molecule has 0 spiro atoms. The Bertz CT molecular complexity index is 762. The fraction of sp³-hybridized carbons (Fsp3) is 0.200. The second kappa shape index (κ2) is 7.00. The molecular formula is C15H16ClNO4S. The molecule has 0 saturated heterocycles. The number of benzene rings is 2. The molecule has 0 aliphatic carbocycles. The van der Waals surface area contributed by atoms with Gasteiger partial charge in [-0.2, -0.15) is 0 Å². The Morgan fingerprint density at radius 1 is 1.23 bits per heavy atom. The number of sulfonamides is 1. The van der Waals surface area contributed by atoms with Gasteiger partial charge in [-0.15, -0.1) is 0 Å². The van der Waals surface area contributed by atoms with Crippen LogP contribution in [0.15, 0.2) is 47.4 Å². The van der Waals surface area contributed by atoms with Gasteiger partial charge in [-0.1, -0.05) is 29.8 Å². The highest BCUT2D eigenvalue weighted by molar-refractivity contribution is 7.89. The molecule has 0 saturated carbocycles. The van der Waals surface area contributed by atoms with Crippen LogP contribution in [0.4, 0.5) is 0 Å². The van der Waals surface area contributed by atoms with Crippen LogP contribution in [0.25, 0.3) is 0 Å². The standard InChI is InChI=1S/C15H16ClNO4S/c1-21-14-7-6-12(16)10-15(14)22(19,20)17-9-8-11-4-2-3-5-13(11)18/h2-7,10,17-18H,8-9H2,1H3. The smallest absolute Gasteiger partial charge is 0.244 e. The van der Waals surface area contributed by atoms with Gasteiger partial charge in [0.25, 0.3) is 0 Å². The van der Waals surface area contributed by atoms with Crippen molar-refractivity contribution in [1.82, 2.24) is 4.72 Å². The van der Waals surface area contributed by atoms with Gasteiger partial charge in [-0.3, -0.25) is 0 Å². The maximum Gasteiger partial charge on any atom is 0.244 e. The highest BCUT2D eigenvalue weighted by Gasteiger charge is 2.19. The monoisotopic (exact) mass is 341 g/mol. The van der Waals surface area contributed by atoms with Crippen LogP contribution in [0.1, 0.15) is 5.56 Å². The van der Waals surface area contributed by atoms with Crippen molar-refractivity contribution in [3.05, 3.63) is 53.1 Å². The minimum atomic E-state index is -3.75. The zero-order chi connectivity index (χ0) is 16.2. The zero-order valence-electron chi connectivity index (χ0n) is 11.9. The first-order chi connectivity index (χ1) is 10.4. The number of ether oxygens (including phenoxy) is 1. The zero-order valence-corrected chi connectivity index (χ0v) is 13.5. The summed E-state index contributed by atoms with van der Waals surface area (Å²) in [5.74, 6) is 0.362. The number of para-hydroxylation sites is 1. The third-order valence-electron chi connectivity index (χ3n) is 3.09. The van der Waals surface area contributed by atoms with E-state index in [2.05, 4.69) is 4.72 Å². The largest absolute Gasteiger partial charge is 0.508 e. The number of halogens is 1. The molecule has 0 fully saturated rings. The molecule has 0 aliphatic rings. The number of phenolic OH excluding ortho intramolecular Hbond substituents is 1. The topological polar surface area (TPSA) is 75.6 Å². The number of nitrogens with one attached hydrogen (secondary N) is 1. The molecule has 0 amide bonds. The Balaban J connectivity index is 2.12. The minimum absolute atomic E-state index is 0.0141.